The van der Waals surface area contributed by atoms with Gasteiger partial charge in [0.15, 0.2) is 0 Å². The molecule has 42 heavy (non-hydrogen) atoms. The van der Waals surface area contributed by atoms with Crippen LogP contribution < -0.4 is 16.7 Å². The lowest BCUT2D eigenvalue weighted by Gasteiger charge is -2.29. The first kappa shape index (κ1) is 27.7. The van der Waals surface area contributed by atoms with Crippen LogP contribution in [0.4, 0.5) is 4.39 Å². The number of rotatable bonds is 7. The molecule has 0 spiro atoms. The standard InChI is InChI=1S/C30H31FN6O5/c1-3-16-18-8-24-28-19(12-37(24)29(40)20(18)13-42-30(16)41)27-22(35-25(39)11-33-15(6-7-38)10-34-32)5-4-17-14(2)21(31)9-23(36-28)26(17)27/h8-10,16,22,38H,3-7,11-13,32H2,1-2H3,(H,35,39)/b33-15?,34-10-. The molecule has 0 radical (unpaired) electrons. The van der Waals surface area contributed by atoms with Crippen LogP contribution in [0.25, 0.3) is 22.3 Å². The van der Waals surface area contributed by atoms with Gasteiger partial charge in [-0.25, -0.2) is 9.37 Å². The molecule has 11 nitrogen and oxygen atoms in total. The SMILES string of the molecule is CCC1C(=O)OCc2c1cc1n(c2=O)Cc2c-1nc1cc(F)c(C)c3c1c2C(NC(=O)CN=C(/C=N\N)CCO)CC3. The monoisotopic (exact) mass is 574 g/mol. The van der Waals surface area contributed by atoms with E-state index in [0.29, 0.717) is 58.6 Å². The summed E-state index contributed by atoms with van der Waals surface area (Å²) in [6.07, 6.45) is 3.05. The number of amides is 1. The second-order valence-electron chi connectivity index (χ2n) is 10.9. The number of ether oxygens (including phenoxy) is 1. The van der Waals surface area contributed by atoms with E-state index in [4.69, 9.17) is 15.6 Å². The highest BCUT2D eigenvalue weighted by atomic mass is 19.1. The maximum atomic E-state index is 15.1. The Balaban J connectivity index is 1.48. The molecule has 0 fully saturated rings. The van der Waals surface area contributed by atoms with E-state index in [1.54, 1.807) is 11.5 Å². The van der Waals surface area contributed by atoms with Crippen molar-refractivity contribution in [2.45, 2.75) is 64.6 Å². The summed E-state index contributed by atoms with van der Waals surface area (Å²) in [5, 5.41) is 16.5. The van der Waals surface area contributed by atoms with Crippen molar-refractivity contribution in [1.29, 1.82) is 0 Å². The smallest absolute Gasteiger partial charge is 0.313 e. The van der Waals surface area contributed by atoms with Crippen molar-refractivity contribution in [3.63, 3.8) is 0 Å². The second-order valence-corrected chi connectivity index (χ2v) is 10.9. The van der Waals surface area contributed by atoms with Gasteiger partial charge in [0.05, 0.1) is 52.9 Å². The largest absolute Gasteiger partial charge is 0.460 e. The molecule has 1 aliphatic carbocycles. The zero-order valence-electron chi connectivity index (χ0n) is 23.4. The lowest BCUT2D eigenvalue weighted by atomic mass is 9.81. The van der Waals surface area contributed by atoms with E-state index < -0.39 is 12.0 Å². The minimum Gasteiger partial charge on any atom is -0.460 e. The van der Waals surface area contributed by atoms with Crippen LogP contribution in [-0.4, -0.2) is 51.6 Å². The summed E-state index contributed by atoms with van der Waals surface area (Å²) in [4.78, 5) is 48.4. The molecule has 2 unspecified atom stereocenters. The van der Waals surface area contributed by atoms with E-state index in [9.17, 15) is 19.5 Å². The highest BCUT2D eigenvalue weighted by molar-refractivity contribution is 6.30. The van der Waals surface area contributed by atoms with Crippen molar-refractivity contribution in [3.8, 4) is 11.4 Å². The van der Waals surface area contributed by atoms with Gasteiger partial charge in [-0.3, -0.25) is 19.4 Å². The van der Waals surface area contributed by atoms with Gasteiger partial charge in [-0.15, -0.1) is 0 Å². The summed E-state index contributed by atoms with van der Waals surface area (Å²) in [6.45, 7) is 3.41. The number of aliphatic hydroxyl groups excluding tert-OH is 1. The Morgan fingerprint density at radius 2 is 2.12 bits per heavy atom. The molecule has 0 saturated heterocycles. The number of aliphatic imine (C=N–C) groups is 1. The molecule has 6 rings (SSSR count). The van der Waals surface area contributed by atoms with Gasteiger partial charge in [0.1, 0.15) is 19.0 Å². The molecule has 3 aromatic rings. The first-order chi connectivity index (χ1) is 20.3. The van der Waals surface area contributed by atoms with E-state index in [0.717, 1.165) is 22.1 Å². The van der Waals surface area contributed by atoms with E-state index in [1.807, 2.05) is 13.0 Å². The van der Waals surface area contributed by atoms with Gasteiger partial charge in [-0.1, -0.05) is 6.92 Å². The van der Waals surface area contributed by atoms with Crippen LogP contribution in [0, 0.1) is 12.7 Å². The first-order valence-corrected chi connectivity index (χ1v) is 14.0. The fourth-order valence-electron chi connectivity index (χ4n) is 6.52. The number of aliphatic hydroxyl groups is 1. The Bertz CT molecular complexity index is 1780. The van der Waals surface area contributed by atoms with Crippen LogP contribution in [-0.2, 0) is 33.9 Å². The summed E-state index contributed by atoms with van der Waals surface area (Å²) in [5.41, 5.74) is 5.82. The van der Waals surface area contributed by atoms with Gasteiger partial charge in [0.25, 0.3) is 5.56 Å². The first-order valence-electron chi connectivity index (χ1n) is 14.0. The van der Waals surface area contributed by atoms with Crippen LogP contribution in [0.2, 0.25) is 0 Å². The molecular weight excluding hydrogens is 543 g/mol. The average molecular weight is 575 g/mol. The Hall–Kier alpha value is -4.45. The van der Waals surface area contributed by atoms with Crippen LogP contribution >= 0.6 is 0 Å². The Kier molecular flexibility index (Phi) is 7.09. The Morgan fingerprint density at radius 1 is 1.31 bits per heavy atom. The number of cyclic esters (lactones) is 1. The zero-order valence-corrected chi connectivity index (χ0v) is 23.4. The lowest BCUT2D eigenvalue weighted by molar-refractivity contribution is -0.148. The van der Waals surface area contributed by atoms with Crippen molar-refractivity contribution in [1.82, 2.24) is 14.9 Å². The van der Waals surface area contributed by atoms with E-state index in [2.05, 4.69) is 15.4 Å². The number of esters is 1. The minimum absolute atomic E-state index is 0.0801. The number of aromatic nitrogens is 2. The van der Waals surface area contributed by atoms with E-state index >= 15 is 4.39 Å². The van der Waals surface area contributed by atoms with Gasteiger partial charge in [-0.2, -0.15) is 5.10 Å². The molecule has 218 valence electrons. The quantitative estimate of drug-likeness (QED) is 0.132. The second kappa shape index (κ2) is 10.8. The molecular formula is C30H31FN6O5. The molecule has 1 amide bonds. The van der Waals surface area contributed by atoms with Crippen LogP contribution in [0.1, 0.15) is 71.5 Å². The minimum atomic E-state index is -0.547. The third-order valence-corrected chi connectivity index (χ3v) is 8.55. The molecule has 2 aliphatic heterocycles. The van der Waals surface area contributed by atoms with Crippen molar-refractivity contribution >= 4 is 34.7 Å². The number of hydrazone groups is 1. The lowest BCUT2D eigenvalue weighted by Crippen LogP contribution is -2.34. The normalized spacial score (nSPS) is 19.0. The predicted molar refractivity (Wildman–Crippen MR) is 154 cm³/mol. The van der Waals surface area contributed by atoms with Gasteiger partial charge in [0, 0.05) is 30.0 Å². The fourth-order valence-corrected chi connectivity index (χ4v) is 6.52. The van der Waals surface area contributed by atoms with Gasteiger partial charge in [-0.05, 0) is 54.5 Å². The zero-order chi connectivity index (χ0) is 29.7. The van der Waals surface area contributed by atoms with Crippen molar-refractivity contribution in [2.75, 3.05) is 13.2 Å². The fraction of sp³-hybridized carbons (Fsp3) is 0.400. The maximum Gasteiger partial charge on any atom is 0.313 e. The van der Waals surface area contributed by atoms with Crippen molar-refractivity contribution < 1.29 is 23.8 Å². The third kappa shape index (κ3) is 4.37. The number of hydrogen-bond acceptors (Lipinski definition) is 9. The molecule has 3 aliphatic rings. The molecule has 0 saturated carbocycles. The summed E-state index contributed by atoms with van der Waals surface area (Å²) in [5.74, 6) is 3.60. The van der Waals surface area contributed by atoms with Gasteiger partial charge < -0.3 is 25.6 Å². The van der Waals surface area contributed by atoms with Crippen molar-refractivity contribution in [2.24, 2.45) is 15.9 Å². The highest BCUT2D eigenvalue weighted by Crippen LogP contribution is 2.45. The predicted octanol–water partition coefficient (Wildman–Crippen LogP) is 2.29. The van der Waals surface area contributed by atoms with E-state index in [-0.39, 0.29) is 56.0 Å². The Morgan fingerprint density at radius 3 is 2.86 bits per heavy atom. The summed E-state index contributed by atoms with van der Waals surface area (Å²) in [6, 6.07) is 2.83. The number of carbonyl (C=O) groups excluding carboxylic acids is 2. The molecule has 1 aromatic carbocycles. The topological polar surface area (TPSA) is 161 Å². The number of nitrogens with one attached hydrogen (secondary N) is 1. The highest BCUT2D eigenvalue weighted by Gasteiger charge is 2.37. The number of halogens is 1. The number of nitrogens with two attached hydrogens (primary N) is 1. The van der Waals surface area contributed by atoms with Crippen LogP contribution in [0.5, 0.6) is 0 Å². The van der Waals surface area contributed by atoms with Crippen LogP contribution in [0.15, 0.2) is 27.0 Å². The summed E-state index contributed by atoms with van der Waals surface area (Å²) >= 11 is 0. The summed E-state index contributed by atoms with van der Waals surface area (Å²) < 4.78 is 22.0. The molecule has 4 heterocycles. The number of fused-ring (bicyclic) bond motifs is 5. The van der Waals surface area contributed by atoms with Crippen molar-refractivity contribution in [3.05, 3.63) is 61.7 Å². The molecule has 2 aromatic heterocycles. The number of carbonyl (C=O) groups is 2. The molecule has 2 atom stereocenters. The average Bonchev–Trinajstić information content (AvgIpc) is 3.34. The Labute approximate surface area is 240 Å². The molecule has 4 N–H and O–H groups in total. The van der Waals surface area contributed by atoms with E-state index in [1.165, 1.54) is 12.3 Å². The van der Waals surface area contributed by atoms with Gasteiger partial charge in [0.2, 0.25) is 5.91 Å². The number of benzene rings is 1. The number of nitrogens with zero attached hydrogens (tertiary/aromatic N) is 4. The molecule has 12 heteroatoms. The number of hydrogen-bond donors (Lipinski definition) is 3. The third-order valence-electron chi connectivity index (χ3n) is 8.55. The van der Waals surface area contributed by atoms with Gasteiger partial charge >= 0.3 is 5.97 Å². The number of aryl methyl sites for hydroxylation is 1. The maximum absolute atomic E-state index is 15.1. The summed E-state index contributed by atoms with van der Waals surface area (Å²) in [7, 11) is 0. The molecule has 0 bridgehead atoms. The number of pyridine rings is 2. The van der Waals surface area contributed by atoms with Crippen LogP contribution in [0.3, 0.4) is 0 Å².